The van der Waals surface area contributed by atoms with Crippen molar-refractivity contribution in [3.05, 3.63) is 35.3 Å². The number of aromatic nitrogens is 2. The highest BCUT2D eigenvalue weighted by Gasteiger charge is 2.15. The first-order valence-corrected chi connectivity index (χ1v) is 8.96. The number of aromatic carboxylic acids is 1. The number of carboxylic acid groups (broad SMARTS) is 1. The average Bonchev–Trinajstić information content (AvgIpc) is 2.92. The van der Waals surface area contributed by atoms with Crippen molar-refractivity contribution in [2.45, 2.75) is 9.24 Å². The number of carboxylic acids is 1. The zero-order chi connectivity index (χ0) is 14.6. The fourth-order valence-corrected chi connectivity index (χ4v) is 4.59. The van der Waals surface area contributed by atoms with E-state index in [1.807, 2.05) is 0 Å². The molecule has 0 spiro atoms. The van der Waals surface area contributed by atoms with E-state index in [2.05, 4.69) is 10.2 Å². The van der Waals surface area contributed by atoms with Gasteiger partial charge in [0.25, 0.3) is 0 Å². The largest absolute Gasteiger partial charge is 0.478 e. The van der Waals surface area contributed by atoms with Crippen molar-refractivity contribution >= 4 is 38.9 Å². The quantitative estimate of drug-likeness (QED) is 0.807. The standard InChI is InChI=1S/C11H10N2O4S3/c14-10(15)8-1-3-9(4-2-8)20(16,17)6-5-18-11-13-12-7-19-11/h1-4,7H,5-6H2,(H,14,15). The predicted octanol–water partition coefficient (Wildman–Crippen LogP) is 1.80. The summed E-state index contributed by atoms with van der Waals surface area (Å²) in [4.78, 5) is 10.8. The highest BCUT2D eigenvalue weighted by molar-refractivity contribution is 8.02. The number of sulfone groups is 1. The van der Waals surface area contributed by atoms with Crippen LogP contribution in [0.4, 0.5) is 0 Å². The van der Waals surface area contributed by atoms with E-state index in [4.69, 9.17) is 5.11 Å². The predicted molar refractivity (Wildman–Crippen MR) is 76.1 cm³/mol. The van der Waals surface area contributed by atoms with Crippen LogP contribution in [0.2, 0.25) is 0 Å². The Bertz CT molecular complexity index is 681. The van der Waals surface area contributed by atoms with E-state index in [9.17, 15) is 13.2 Å². The summed E-state index contributed by atoms with van der Waals surface area (Å²) < 4.78 is 24.8. The first kappa shape index (κ1) is 14.9. The molecule has 20 heavy (non-hydrogen) atoms. The summed E-state index contributed by atoms with van der Waals surface area (Å²) in [5.41, 5.74) is 1.65. The van der Waals surface area contributed by atoms with Gasteiger partial charge in [-0.2, -0.15) is 0 Å². The van der Waals surface area contributed by atoms with Gasteiger partial charge in [0.2, 0.25) is 0 Å². The molecule has 0 saturated carbocycles. The Morgan fingerprint density at radius 1 is 1.30 bits per heavy atom. The van der Waals surface area contributed by atoms with Gasteiger partial charge in [-0.05, 0) is 24.3 Å². The minimum Gasteiger partial charge on any atom is -0.478 e. The van der Waals surface area contributed by atoms with Crippen molar-refractivity contribution in [3.63, 3.8) is 0 Å². The zero-order valence-corrected chi connectivity index (χ0v) is 12.5. The highest BCUT2D eigenvalue weighted by atomic mass is 32.2. The Labute approximate surface area is 123 Å². The third-order valence-corrected chi connectivity index (χ3v) is 6.23. The number of benzene rings is 1. The fraction of sp³-hybridized carbons (Fsp3) is 0.182. The molecule has 0 amide bonds. The second kappa shape index (κ2) is 6.33. The molecule has 0 aliphatic carbocycles. The molecule has 1 aromatic heterocycles. The van der Waals surface area contributed by atoms with E-state index in [1.165, 1.54) is 47.4 Å². The lowest BCUT2D eigenvalue weighted by atomic mass is 10.2. The SMILES string of the molecule is O=C(O)c1ccc(S(=O)(=O)CCSc2nncs2)cc1. The molecule has 0 saturated heterocycles. The molecule has 0 radical (unpaired) electrons. The Morgan fingerprint density at radius 3 is 2.55 bits per heavy atom. The maximum absolute atomic E-state index is 12.0. The van der Waals surface area contributed by atoms with Crippen molar-refractivity contribution in [2.75, 3.05) is 11.5 Å². The molecular weight excluding hydrogens is 320 g/mol. The zero-order valence-electron chi connectivity index (χ0n) is 10.1. The lowest BCUT2D eigenvalue weighted by molar-refractivity contribution is 0.0697. The summed E-state index contributed by atoms with van der Waals surface area (Å²) >= 11 is 2.68. The van der Waals surface area contributed by atoms with Gasteiger partial charge in [-0.25, -0.2) is 13.2 Å². The van der Waals surface area contributed by atoms with Gasteiger partial charge in [0.15, 0.2) is 14.2 Å². The molecule has 1 N–H and O–H groups in total. The summed E-state index contributed by atoms with van der Waals surface area (Å²) in [6.07, 6.45) is 0. The molecule has 0 unspecified atom stereocenters. The van der Waals surface area contributed by atoms with E-state index in [-0.39, 0.29) is 16.2 Å². The second-order valence-corrected chi connectivity index (χ2v) is 7.99. The molecule has 2 rings (SSSR count). The lowest BCUT2D eigenvalue weighted by Gasteiger charge is -2.04. The molecule has 0 bridgehead atoms. The number of rotatable bonds is 6. The van der Waals surface area contributed by atoms with Gasteiger partial charge in [0, 0.05) is 5.75 Å². The van der Waals surface area contributed by atoms with Crippen molar-refractivity contribution in [3.8, 4) is 0 Å². The third kappa shape index (κ3) is 3.78. The van der Waals surface area contributed by atoms with Crippen LogP contribution in [0.1, 0.15) is 10.4 Å². The fourth-order valence-electron chi connectivity index (χ4n) is 1.39. The minimum atomic E-state index is -3.41. The van der Waals surface area contributed by atoms with Crippen LogP contribution in [0.3, 0.4) is 0 Å². The molecule has 0 aliphatic heterocycles. The van der Waals surface area contributed by atoms with Gasteiger partial charge >= 0.3 is 5.97 Å². The summed E-state index contributed by atoms with van der Waals surface area (Å²) in [5, 5.41) is 16.2. The van der Waals surface area contributed by atoms with Crippen LogP contribution in [0.15, 0.2) is 39.0 Å². The van der Waals surface area contributed by atoms with E-state index >= 15 is 0 Å². The Kier molecular flexibility index (Phi) is 4.73. The monoisotopic (exact) mass is 330 g/mol. The first-order chi connectivity index (χ1) is 9.49. The van der Waals surface area contributed by atoms with Crippen molar-refractivity contribution < 1.29 is 18.3 Å². The number of hydrogen-bond donors (Lipinski definition) is 1. The number of carbonyl (C=O) groups is 1. The van der Waals surface area contributed by atoms with Crippen LogP contribution >= 0.6 is 23.1 Å². The van der Waals surface area contributed by atoms with Gasteiger partial charge in [0.1, 0.15) is 5.51 Å². The highest BCUT2D eigenvalue weighted by Crippen LogP contribution is 2.21. The Morgan fingerprint density at radius 2 is 2.00 bits per heavy atom. The topological polar surface area (TPSA) is 97.2 Å². The molecule has 1 aromatic carbocycles. The summed E-state index contributed by atoms with van der Waals surface area (Å²) in [6, 6.07) is 5.20. The van der Waals surface area contributed by atoms with E-state index in [0.717, 1.165) is 4.34 Å². The average molecular weight is 330 g/mol. The lowest BCUT2D eigenvalue weighted by Crippen LogP contribution is -2.09. The minimum absolute atomic E-state index is 0.0380. The maximum atomic E-state index is 12.0. The van der Waals surface area contributed by atoms with Crippen LogP contribution in [0.5, 0.6) is 0 Å². The van der Waals surface area contributed by atoms with E-state index < -0.39 is 15.8 Å². The Hall–Kier alpha value is -1.45. The maximum Gasteiger partial charge on any atom is 0.335 e. The van der Waals surface area contributed by atoms with E-state index in [0.29, 0.717) is 5.75 Å². The van der Waals surface area contributed by atoms with Gasteiger partial charge in [-0.3, -0.25) is 0 Å². The summed E-state index contributed by atoms with van der Waals surface area (Å²) in [5.74, 6) is -0.747. The molecule has 9 heteroatoms. The van der Waals surface area contributed by atoms with Gasteiger partial charge in [0.05, 0.1) is 16.2 Å². The molecule has 0 aliphatic rings. The third-order valence-electron chi connectivity index (χ3n) is 2.38. The normalized spacial score (nSPS) is 11.4. The van der Waals surface area contributed by atoms with Crippen LogP contribution in [-0.2, 0) is 9.84 Å². The van der Waals surface area contributed by atoms with E-state index in [1.54, 1.807) is 5.51 Å². The molecule has 2 aromatic rings. The van der Waals surface area contributed by atoms with Crippen LogP contribution in [0.25, 0.3) is 0 Å². The Balaban J connectivity index is 2.00. The van der Waals surface area contributed by atoms with Crippen LogP contribution in [-0.4, -0.2) is 41.2 Å². The number of nitrogens with zero attached hydrogens (tertiary/aromatic N) is 2. The van der Waals surface area contributed by atoms with Crippen LogP contribution in [0, 0.1) is 0 Å². The van der Waals surface area contributed by atoms with Crippen molar-refractivity contribution in [1.29, 1.82) is 0 Å². The number of thioether (sulfide) groups is 1. The molecule has 0 fully saturated rings. The molecule has 6 nitrogen and oxygen atoms in total. The molecule has 0 atom stereocenters. The van der Waals surface area contributed by atoms with Gasteiger partial charge in [-0.1, -0.05) is 23.1 Å². The summed E-state index contributed by atoms with van der Waals surface area (Å²) in [7, 11) is -3.41. The molecule has 106 valence electrons. The van der Waals surface area contributed by atoms with Gasteiger partial charge in [-0.15, -0.1) is 10.2 Å². The van der Waals surface area contributed by atoms with Crippen LogP contribution < -0.4 is 0 Å². The molecular formula is C11H10N2O4S3. The van der Waals surface area contributed by atoms with Crippen molar-refractivity contribution in [1.82, 2.24) is 10.2 Å². The van der Waals surface area contributed by atoms with Gasteiger partial charge < -0.3 is 5.11 Å². The second-order valence-electron chi connectivity index (χ2n) is 3.70. The smallest absolute Gasteiger partial charge is 0.335 e. The summed E-state index contributed by atoms with van der Waals surface area (Å²) in [6.45, 7) is 0. The van der Waals surface area contributed by atoms with Crippen molar-refractivity contribution in [2.24, 2.45) is 0 Å². The number of hydrogen-bond acceptors (Lipinski definition) is 7. The first-order valence-electron chi connectivity index (χ1n) is 5.44. The molecule has 1 heterocycles.